The molecule has 3 aliphatic carbocycles. The highest BCUT2D eigenvalue weighted by molar-refractivity contribution is 5.99. The van der Waals surface area contributed by atoms with Crippen LogP contribution in [0, 0.1) is 41.4 Å². The van der Waals surface area contributed by atoms with Gasteiger partial charge in [-0.3, -0.25) is 9.59 Å². The van der Waals surface area contributed by atoms with Crippen molar-refractivity contribution in [3.05, 3.63) is 11.6 Å². The van der Waals surface area contributed by atoms with Gasteiger partial charge in [0, 0.05) is 33.2 Å². The molecule has 0 aromatic carbocycles. The molecule has 3 heterocycles. The van der Waals surface area contributed by atoms with Crippen molar-refractivity contribution in [1.29, 1.82) is 0 Å². The summed E-state index contributed by atoms with van der Waals surface area (Å²) in [5.41, 5.74) is 0.706. The molecule has 0 bridgehead atoms. The highest BCUT2D eigenvalue weighted by Crippen LogP contribution is 2.57. The van der Waals surface area contributed by atoms with Crippen LogP contribution in [0.3, 0.4) is 0 Å². The van der Waals surface area contributed by atoms with Crippen molar-refractivity contribution >= 4 is 11.8 Å². The van der Waals surface area contributed by atoms with Crippen molar-refractivity contribution < 1.29 is 52.6 Å². The van der Waals surface area contributed by atoms with E-state index >= 15 is 0 Å². The summed E-state index contributed by atoms with van der Waals surface area (Å²) >= 11 is 0. The van der Waals surface area contributed by atoms with Gasteiger partial charge < -0.3 is 43.0 Å². The number of rotatable bonds is 8. The fraction of sp³-hybridized carbons (Fsp3) is 0.900. The Balaban J connectivity index is 1.23. The number of cyclic esters (lactones) is 1. The molecule has 0 aromatic heterocycles. The smallest absolute Gasteiger partial charge is 0.306 e. The van der Waals surface area contributed by atoms with Crippen molar-refractivity contribution in [3.63, 3.8) is 0 Å². The number of ether oxygens (including phenoxy) is 8. The first-order chi connectivity index (χ1) is 24.5. The second-order valence-corrected chi connectivity index (χ2v) is 16.4. The molecule has 11 nitrogen and oxygen atoms in total. The Morgan fingerprint density at radius 2 is 1.53 bits per heavy atom. The molecule has 11 heteroatoms. The number of esters is 1. The van der Waals surface area contributed by atoms with Gasteiger partial charge in [0.1, 0.15) is 24.4 Å². The highest BCUT2D eigenvalue weighted by atomic mass is 16.7. The van der Waals surface area contributed by atoms with E-state index in [2.05, 4.69) is 26.8 Å². The minimum atomic E-state index is -0.656. The maximum Gasteiger partial charge on any atom is 0.306 e. The molecular weight excluding hydrogens is 656 g/mol. The lowest BCUT2D eigenvalue weighted by Gasteiger charge is -2.44. The molecule has 18 atom stereocenters. The van der Waals surface area contributed by atoms with Gasteiger partial charge in [-0.15, -0.1) is 0 Å². The first kappa shape index (κ1) is 39.3. The number of carbonyl (C=O) groups is 2. The molecular formula is C40H64O11. The Labute approximate surface area is 304 Å². The van der Waals surface area contributed by atoms with E-state index in [1.165, 1.54) is 0 Å². The predicted molar refractivity (Wildman–Crippen MR) is 187 cm³/mol. The zero-order chi connectivity index (χ0) is 36.6. The van der Waals surface area contributed by atoms with Crippen molar-refractivity contribution in [3.8, 4) is 0 Å². The fourth-order valence-electron chi connectivity index (χ4n) is 10.4. The van der Waals surface area contributed by atoms with Gasteiger partial charge >= 0.3 is 5.97 Å². The largest absolute Gasteiger partial charge is 0.462 e. The van der Waals surface area contributed by atoms with E-state index in [1.807, 2.05) is 13.8 Å². The fourth-order valence-corrected chi connectivity index (χ4v) is 10.4. The molecule has 6 rings (SSSR count). The van der Waals surface area contributed by atoms with E-state index in [9.17, 15) is 14.7 Å². The van der Waals surface area contributed by atoms with Crippen LogP contribution in [0.15, 0.2) is 11.6 Å². The molecule has 1 N–H and O–H groups in total. The van der Waals surface area contributed by atoms with Crippen LogP contribution in [0.5, 0.6) is 0 Å². The second-order valence-electron chi connectivity index (χ2n) is 16.4. The lowest BCUT2D eigenvalue weighted by atomic mass is 9.65. The Hall–Kier alpha value is -1.44. The standard InChI is InChI=1S/C40H64O11/c1-9-24-11-10-12-33(51-35-14-13-20(2)22(4)47-35)21(3)36(43)31-17-27-26-15-25(16-30(26)32(41)18-28(27)29(31)19-34(42)49-24)50-40-39(46-8)38(45-7)37(44-6)23(5)48-40/h17,20-30,32-33,35,37-41H,9-16,18-19H2,1-8H3/t20-,21+,22?,23?,24-,25-,26-,27-,28+,29-,30+,32-,33-,35-,37-,38?,39-,40-/m0/s1. The molecule has 290 valence electrons. The number of hydrogen-bond acceptors (Lipinski definition) is 11. The van der Waals surface area contributed by atoms with E-state index in [0.717, 1.165) is 32.1 Å². The van der Waals surface area contributed by atoms with Crippen LogP contribution in [0.2, 0.25) is 0 Å². The molecule has 3 unspecified atom stereocenters. The maximum atomic E-state index is 14.6. The van der Waals surface area contributed by atoms with Crippen LogP contribution >= 0.6 is 0 Å². The molecule has 0 amide bonds. The average molecular weight is 721 g/mol. The van der Waals surface area contributed by atoms with Crippen LogP contribution < -0.4 is 0 Å². The normalized spacial score (nSPS) is 48.1. The van der Waals surface area contributed by atoms with Gasteiger partial charge in [0.15, 0.2) is 18.4 Å². The van der Waals surface area contributed by atoms with Gasteiger partial charge in [0.2, 0.25) is 0 Å². The molecule has 0 spiro atoms. The SMILES string of the molecule is CC[C@H]1CCC[C@H](O[C@H]2CC[C@H](C)C(C)O2)[C@@H](C)C(=O)C2=C[C@@H]3[C@@H](C[C@H](O)[C@@H]4C[C@@H](O[C@@H]5OC(C)[C@H](OC)C(OC)[C@@H]5OC)C[C@@H]34)[C@@H]2CC(=O)O1. The Kier molecular flexibility index (Phi) is 13.0. The molecule has 3 aliphatic heterocycles. The van der Waals surface area contributed by atoms with E-state index in [0.29, 0.717) is 37.2 Å². The minimum absolute atomic E-state index is 0.00870. The predicted octanol–water partition coefficient (Wildman–Crippen LogP) is 5.39. The van der Waals surface area contributed by atoms with Gasteiger partial charge in [-0.2, -0.15) is 0 Å². The molecule has 0 aromatic rings. The van der Waals surface area contributed by atoms with Gasteiger partial charge in [-0.05, 0) is 107 Å². The summed E-state index contributed by atoms with van der Waals surface area (Å²) in [6.45, 7) is 10.3. The molecule has 6 aliphatic rings. The Morgan fingerprint density at radius 3 is 2.22 bits per heavy atom. The number of carbonyl (C=O) groups excluding carboxylic acids is 2. The second kappa shape index (κ2) is 16.9. The van der Waals surface area contributed by atoms with Crippen LogP contribution in [0.4, 0.5) is 0 Å². The quantitative estimate of drug-likeness (QED) is 0.325. The first-order valence-electron chi connectivity index (χ1n) is 19.8. The Bertz CT molecular complexity index is 1220. The number of aliphatic hydroxyl groups excluding tert-OH is 1. The maximum absolute atomic E-state index is 14.6. The summed E-state index contributed by atoms with van der Waals surface area (Å²) in [5.74, 6) is -0.345. The molecule has 3 saturated heterocycles. The summed E-state index contributed by atoms with van der Waals surface area (Å²) in [4.78, 5) is 28.1. The third kappa shape index (κ3) is 8.16. The number of allylic oxidation sites excluding steroid dienone is 2. The number of Topliss-reactive ketones (excluding diaryl/α,β-unsaturated/α-hetero) is 1. The number of methoxy groups -OCH3 is 3. The van der Waals surface area contributed by atoms with Crippen LogP contribution in [0.25, 0.3) is 0 Å². The first-order valence-corrected chi connectivity index (χ1v) is 19.8. The summed E-state index contributed by atoms with van der Waals surface area (Å²) in [6.07, 6.45) is 5.49. The highest BCUT2D eigenvalue weighted by Gasteiger charge is 2.56. The van der Waals surface area contributed by atoms with Crippen molar-refractivity contribution in [2.75, 3.05) is 21.3 Å². The number of fused-ring (bicyclic) bond motifs is 5. The van der Waals surface area contributed by atoms with E-state index < -0.39 is 24.4 Å². The van der Waals surface area contributed by atoms with Gasteiger partial charge in [-0.25, -0.2) is 0 Å². The lowest BCUT2D eigenvalue weighted by Crippen LogP contribution is -2.59. The van der Waals surface area contributed by atoms with Crippen molar-refractivity contribution in [2.45, 2.75) is 166 Å². The van der Waals surface area contributed by atoms with Crippen molar-refractivity contribution in [2.24, 2.45) is 41.4 Å². The number of ketones is 1. The number of aliphatic hydroxyl groups is 1. The summed E-state index contributed by atoms with van der Waals surface area (Å²) in [6, 6.07) is 0. The third-order valence-electron chi connectivity index (χ3n) is 13.5. The summed E-state index contributed by atoms with van der Waals surface area (Å²) < 4.78 is 49.2. The zero-order valence-corrected chi connectivity index (χ0v) is 32.1. The van der Waals surface area contributed by atoms with Crippen LogP contribution in [-0.4, -0.2) is 106 Å². The molecule has 2 saturated carbocycles. The van der Waals surface area contributed by atoms with Crippen LogP contribution in [-0.2, 0) is 47.5 Å². The van der Waals surface area contributed by atoms with Crippen LogP contribution in [0.1, 0.15) is 98.8 Å². The van der Waals surface area contributed by atoms with Gasteiger partial charge in [0.05, 0.1) is 36.9 Å². The minimum Gasteiger partial charge on any atom is -0.462 e. The van der Waals surface area contributed by atoms with E-state index in [-0.39, 0.29) is 96.8 Å². The molecule has 0 radical (unpaired) electrons. The average Bonchev–Trinajstić information content (AvgIpc) is 3.69. The molecule has 5 fully saturated rings. The van der Waals surface area contributed by atoms with Crippen molar-refractivity contribution in [1.82, 2.24) is 0 Å². The van der Waals surface area contributed by atoms with Gasteiger partial charge in [-0.1, -0.05) is 26.8 Å². The third-order valence-corrected chi connectivity index (χ3v) is 13.5. The zero-order valence-electron chi connectivity index (χ0n) is 32.1. The Morgan fingerprint density at radius 1 is 0.804 bits per heavy atom. The summed E-state index contributed by atoms with van der Waals surface area (Å²) in [5, 5.41) is 11.7. The van der Waals surface area contributed by atoms with E-state index in [1.54, 1.807) is 21.3 Å². The molecule has 51 heavy (non-hydrogen) atoms. The van der Waals surface area contributed by atoms with E-state index in [4.69, 9.17) is 37.9 Å². The summed E-state index contributed by atoms with van der Waals surface area (Å²) in [7, 11) is 4.90. The lowest BCUT2D eigenvalue weighted by molar-refractivity contribution is -0.314. The monoisotopic (exact) mass is 720 g/mol. The van der Waals surface area contributed by atoms with Gasteiger partial charge in [0.25, 0.3) is 0 Å². The number of hydrogen-bond donors (Lipinski definition) is 1. The topological polar surface area (TPSA) is 128 Å².